The molecule has 4 aromatic rings. The minimum atomic E-state index is -2.42. The van der Waals surface area contributed by atoms with Crippen molar-refractivity contribution in [3.8, 4) is 11.3 Å². The van der Waals surface area contributed by atoms with Gasteiger partial charge in [-0.15, -0.1) is 0 Å². The average molecular weight is 451 g/mol. The Morgan fingerprint density at radius 3 is 2.79 bits per heavy atom. The lowest BCUT2D eigenvalue weighted by Gasteiger charge is -2.32. The first-order chi connectivity index (χ1) is 16.0. The third-order valence-electron chi connectivity index (χ3n) is 6.65. The Hall–Kier alpha value is -3.39. The number of aromatic nitrogens is 3. The van der Waals surface area contributed by atoms with E-state index in [2.05, 4.69) is 27.0 Å². The summed E-state index contributed by atoms with van der Waals surface area (Å²) in [5.74, 6) is 0.397. The Kier molecular flexibility index (Phi) is 5.76. The van der Waals surface area contributed by atoms with Crippen LogP contribution in [0.5, 0.6) is 0 Å². The molecular formula is C25H28F2N6. The SMILES string of the molecule is N/C=C(\N)CN1CCC(c2ccc3[nH]c(-c4ccc5nccn5c4)c(CC(F)F)c3c2)CC1. The van der Waals surface area contributed by atoms with Gasteiger partial charge in [0, 0.05) is 59.9 Å². The highest BCUT2D eigenvalue weighted by atomic mass is 19.3. The minimum Gasteiger partial charge on any atom is -0.403 e. The maximum Gasteiger partial charge on any atom is 0.242 e. The molecule has 1 saturated heterocycles. The molecule has 0 saturated carbocycles. The summed E-state index contributed by atoms with van der Waals surface area (Å²) in [6.07, 6.45) is 6.26. The molecule has 1 aromatic carbocycles. The van der Waals surface area contributed by atoms with Gasteiger partial charge in [-0.25, -0.2) is 13.8 Å². The minimum absolute atomic E-state index is 0.288. The Balaban J connectivity index is 1.47. The standard InChI is InChI=1S/C25H28F2N6/c26-23(27)12-21-20-11-17(16-5-8-32(9-6-16)15-19(29)13-28)1-3-22(20)31-25(21)18-2-4-24-30-7-10-33(24)14-18/h1-4,7,10-11,13-14,16,23,31H,5-6,8-9,12,15,28-29H2/b19-13-. The Morgan fingerprint density at radius 1 is 1.21 bits per heavy atom. The van der Waals surface area contributed by atoms with Gasteiger partial charge >= 0.3 is 0 Å². The number of H-pyrrole nitrogens is 1. The third-order valence-corrected chi connectivity index (χ3v) is 6.65. The van der Waals surface area contributed by atoms with Gasteiger partial charge in [0.15, 0.2) is 0 Å². The molecule has 3 aromatic heterocycles. The van der Waals surface area contributed by atoms with Crippen molar-refractivity contribution in [3.63, 3.8) is 0 Å². The van der Waals surface area contributed by atoms with Gasteiger partial charge in [0.05, 0.1) is 5.69 Å². The van der Waals surface area contributed by atoms with Gasteiger partial charge in [0.2, 0.25) is 6.43 Å². The molecule has 8 heteroatoms. The molecule has 5 rings (SSSR count). The van der Waals surface area contributed by atoms with Crippen LogP contribution in [0.3, 0.4) is 0 Å². The van der Waals surface area contributed by atoms with Crippen molar-refractivity contribution in [1.29, 1.82) is 0 Å². The molecule has 0 unspecified atom stereocenters. The number of nitrogens with zero attached hydrogens (tertiary/aromatic N) is 3. The molecule has 1 aliphatic heterocycles. The van der Waals surface area contributed by atoms with Crippen LogP contribution < -0.4 is 11.5 Å². The topological polar surface area (TPSA) is 88.4 Å². The normalized spacial score (nSPS) is 16.4. The van der Waals surface area contributed by atoms with E-state index in [1.807, 2.05) is 35.0 Å². The fourth-order valence-corrected chi connectivity index (χ4v) is 4.94. The number of pyridine rings is 1. The number of hydrogen-bond acceptors (Lipinski definition) is 4. The van der Waals surface area contributed by atoms with E-state index in [9.17, 15) is 8.78 Å². The number of nitrogens with two attached hydrogens (primary N) is 2. The summed E-state index contributed by atoms with van der Waals surface area (Å²) < 4.78 is 29.1. The molecule has 0 aliphatic carbocycles. The quantitative estimate of drug-likeness (QED) is 0.410. The summed E-state index contributed by atoms with van der Waals surface area (Å²) in [7, 11) is 0. The lowest BCUT2D eigenvalue weighted by atomic mass is 9.88. The van der Waals surface area contributed by atoms with Crippen molar-refractivity contribution in [2.24, 2.45) is 11.5 Å². The summed E-state index contributed by atoms with van der Waals surface area (Å²) in [5, 5.41) is 0.881. The highest BCUT2D eigenvalue weighted by Crippen LogP contribution is 2.36. The molecule has 4 heterocycles. The van der Waals surface area contributed by atoms with E-state index in [1.54, 1.807) is 6.20 Å². The van der Waals surface area contributed by atoms with Gasteiger partial charge in [0.1, 0.15) is 5.65 Å². The van der Waals surface area contributed by atoms with E-state index in [0.29, 0.717) is 23.7 Å². The second kappa shape index (κ2) is 8.86. The number of imidazole rings is 1. The van der Waals surface area contributed by atoms with Crippen molar-refractivity contribution < 1.29 is 8.78 Å². The lowest BCUT2D eigenvalue weighted by Crippen LogP contribution is -2.35. The summed E-state index contributed by atoms with van der Waals surface area (Å²) in [4.78, 5) is 9.97. The number of alkyl halides is 2. The van der Waals surface area contributed by atoms with Crippen LogP contribution in [0.25, 0.3) is 27.8 Å². The molecule has 5 N–H and O–H groups in total. The molecular weight excluding hydrogens is 422 g/mol. The fourth-order valence-electron chi connectivity index (χ4n) is 4.94. The molecule has 1 aliphatic rings. The summed E-state index contributed by atoms with van der Waals surface area (Å²) in [6.45, 7) is 2.55. The molecule has 172 valence electrons. The molecule has 6 nitrogen and oxygen atoms in total. The Labute approximate surface area is 190 Å². The zero-order chi connectivity index (χ0) is 22.9. The number of piperidine rings is 1. The second-order valence-corrected chi connectivity index (χ2v) is 8.78. The molecule has 0 radical (unpaired) electrons. The van der Waals surface area contributed by atoms with Gasteiger partial charge in [-0.1, -0.05) is 6.07 Å². The molecule has 0 spiro atoms. The van der Waals surface area contributed by atoms with Crippen molar-refractivity contribution >= 4 is 16.6 Å². The first-order valence-corrected chi connectivity index (χ1v) is 11.3. The predicted molar refractivity (Wildman–Crippen MR) is 127 cm³/mol. The molecule has 0 amide bonds. The number of halogens is 2. The monoisotopic (exact) mass is 450 g/mol. The van der Waals surface area contributed by atoms with Gasteiger partial charge in [-0.3, -0.25) is 4.90 Å². The van der Waals surface area contributed by atoms with Crippen molar-refractivity contribution in [2.45, 2.75) is 31.6 Å². The van der Waals surface area contributed by atoms with Crippen molar-refractivity contribution in [1.82, 2.24) is 19.3 Å². The number of aromatic amines is 1. The van der Waals surface area contributed by atoms with Gasteiger partial charge in [-0.2, -0.15) is 0 Å². The van der Waals surface area contributed by atoms with E-state index in [4.69, 9.17) is 11.5 Å². The molecule has 33 heavy (non-hydrogen) atoms. The van der Waals surface area contributed by atoms with Crippen LogP contribution in [0.4, 0.5) is 8.78 Å². The van der Waals surface area contributed by atoms with Crippen LogP contribution in [0.2, 0.25) is 0 Å². The summed E-state index contributed by atoms with van der Waals surface area (Å²) >= 11 is 0. The largest absolute Gasteiger partial charge is 0.403 e. The zero-order valence-corrected chi connectivity index (χ0v) is 18.3. The molecule has 0 bridgehead atoms. The fraction of sp³-hybridized carbons (Fsp3) is 0.320. The first kappa shape index (κ1) is 21.5. The van der Waals surface area contributed by atoms with Gasteiger partial charge < -0.3 is 20.9 Å². The lowest BCUT2D eigenvalue weighted by molar-refractivity contribution is 0.149. The van der Waals surface area contributed by atoms with E-state index < -0.39 is 6.43 Å². The van der Waals surface area contributed by atoms with Crippen molar-refractivity contribution in [2.75, 3.05) is 19.6 Å². The molecule has 1 fully saturated rings. The van der Waals surface area contributed by atoms with E-state index in [0.717, 1.165) is 53.7 Å². The highest BCUT2D eigenvalue weighted by molar-refractivity contribution is 5.91. The highest BCUT2D eigenvalue weighted by Gasteiger charge is 2.23. The van der Waals surface area contributed by atoms with E-state index in [-0.39, 0.29) is 6.42 Å². The van der Waals surface area contributed by atoms with Crippen LogP contribution in [-0.4, -0.2) is 45.3 Å². The van der Waals surface area contributed by atoms with Gasteiger partial charge in [0.25, 0.3) is 0 Å². The number of rotatable bonds is 6. The van der Waals surface area contributed by atoms with Crippen LogP contribution in [0, 0.1) is 0 Å². The molecule has 0 atom stereocenters. The van der Waals surface area contributed by atoms with Crippen LogP contribution in [0.15, 0.2) is 60.8 Å². The average Bonchev–Trinajstić information content (AvgIpc) is 3.43. The number of fused-ring (bicyclic) bond motifs is 2. The second-order valence-electron chi connectivity index (χ2n) is 8.78. The van der Waals surface area contributed by atoms with Crippen LogP contribution >= 0.6 is 0 Å². The number of benzene rings is 1. The van der Waals surface area contributed by atoms with E-state index >= 15 is 0 Å². The van der Waals surface area contributed by atoms with Crippen molar-refractivity contribution in [3.05, 3.63) is 71.9 Å². The Morgan fingerprint density at radius 2 is 2.03 bits per heavy atom. The maximum absolute atomic E-state index is 13.6. The van der Waals surface area contributed by atoms with E-state index in [1.165, 1.54) is 11.8 Å². The summed E-state index contributed by atoms with van der Waals surface area (Å²) in [5.41, 5.74) is 17.2. The maximum atomic E-state index is 13.6. The first-order valence-electron chi connectivity index (χ1n) is 11.3. The third kappa shape index (κ3) is 4.30. The van der Waals surface area contributed by atoms with Gasteiger partial charge in [-0.05, 0) is 67.2 Å². The summed E-state index contributed by atoms with van der Waals surface area (Å²) in [6, 6.07) is 10.1. The van der Waals surface area contributed by atoms with Crippen LogP contribution in [0.1, 0.15) is 29.9 Å². The zero-order valence-electron chi connectivity index (χ0n) is 18.3. The number of likely N-dealkylation sites (tertiary alicyclic amines) is 1. The Bertz CT molecular complexity index is 1300. The van der Waals surface area contributed by atoms with Crippen LogP contribution in [-0.2, 0) is 6.42 Å². The number of nitrogens with one attached hydrogen (secondary N) is 1. The smallest absolute Gasteiger partial charge is 0.242 e. The predicted octanol–water partition coefficient (Wildman–Crippen LogP) is 4.23. The number of hydrogen-bond donors (Lipinski definition) is 3.